The van der Waals surface area contributed by atoms with Crippen LogP contribution in [-0.4, -0.2) is 16.1 Å². The summed E-state index contributed by atoms with van der Waals surface area (Å²) in [5.41, 5.74) is 0. The maximum Gasteiger partial charge on any atom is 0.125 e. The SMILES string of the molecule is CC(NCC1CCCCC1)c1nccn1C. The zero-order valence-electron chi connectivity index (χ0n) is 10.4. The van der Waals surface area contributed by atoms with E-state index in [0.717, 1.165) is 18.3 Å². The third-order valence-electron chi connectivity index (χ3n) is 3.68. The molecular formula is C13H23N3. The highest BCUT2D eigenvalue weighted by Crippen LogP contribution is 2.23. The second kappa shape index (κ2) is 5.48. The van der Waals surface area contributed by atoms with Crippen molar-refractivity contribution in [2.75, 3.05) is 6.54 Å². The lowest BCUT2D eigenvalue weighted by atomic mass is 9.89. The lowest BCUT2D eigenvalue weighted by Crippen LogP contribution is -2.28. The van der Waals surface area contributed by atoms with Crippen LogP contribution < -0.4 is 5.32 Å². The molecule has 16 heavy (non-hydrogen) atoms. The standard InChI is InChI=1S/C13H23N3/c1-11(13-14-8-9-16(13)2)15-10-12-6-4-3-5-7-12/h8-9,11-12,15H,3-7,10H2,1-2H3. The first-order valence-corrected chi connectivity index (χ1v) is 6.48. The quantitative estimate of drug-likeness (QED) is 0.847. The van der Waals surface area contributed by atoms with Gasteiger partial charge in [0.15, 0.2) is 0 Å². The molecule has 1 N–H and O–H groups in total. The van der Waals surface area contributed by atoms with Gasteiger partial charge in [-0.2, -0.15) is 0 Å². The zero-order chi connectivity index (χ0) is 11.4. The highest BCUT2D eigenvalue weighted by Gasteiger charge is 2.15. The van der Waals surface area contributed by atoms with Crippen LogP contribution in [-0.2, 0) is 7.05 Å². The number of hydrogen-bond acceptors (Lipinski definition) is 2. The summed E-state index contributed by atoms with van der Waals surface area (Å²) in [4.78, 5) is 4.38. The van der Waals surface area contributed by atoms with Gasteiger partial charge in [0, 0.05) is 19.4 Å². The zero-order valence-corrected chi connectivity index (χ0v) is 10.4. The molecule has 3 nitrogen and oxygen atoms in total. The monoisotopic (exact) mass is 221 g/mol. The fourth-order valence-corrected chi connectivity index (χ4v) is 2.62. The van der Waals surface area contributed by atoms with Crippen LogP contribution in [0.15, 0.2) is 12.4 Å². The number of nitrogens with zero attached hydrogens (tertiary/aromatic N) is 2. The Hall–Kier alpha value is -0.830. The fraction of sp³-hybridized carbons (Fsp3) is 0.769. The Morgan fingerprint density at radius 1 is 1.44 bits per heavy atom. The lowest BCUT2D eigenvalue weighted by Gasteiger charge is -2.23. The average Bonchev–Trinajstić information content (AvgIpc) is 2.74. The largest absolute Gasteiger partial charge is 0.337 e. The van der Waals surface area contributed by atoms with E-state index in [-0.39, 0.29) is 0 Å². The fourth-order valence-electron chi connectivity index (χ4n) is 2.62. The molecule has 0 bridgehead atoms. The molecule has 1 atom stereocenters. The molecule has 1 fully saturated rings. The van der Waals surface area contributed by atoms with Crippen molar-refractivity contribution in [3.8, 4) is 0 Å². The van der Waals surface area contributed by atoms with E-state index in [9.17, 15) is 0 Å². The van der Waals surface area contributed by atoms with Gasteiger partial charge in [-0.15, -0.1) is 0 Å². The molecule has 1 unspecified atom stereocenters. The van der Waals surface area contributed by atoms with Crippen molar-refractivity contribution < 1.29 is 0 Å². The number of aryl methyl sites for hydroxylation is 1. The molecular weight excluding hydrogens is 198 g/mol. The van der Waals surface area contributed by atoms with Gasteiger partial charge in [0.05, 0.1) is 6.04 Å². The molecule has 90 valence electrons. The number of aromatic nitrogens is 2. The molecule has 0 aromatic carbocycles. The molecule has 0 saturated heterocycles. The number of hydrogen-bond donors (Lipinski definition) is 1. The van der Waals surface area contributed by atoms with Crippen LogP contribution in [0.3, 0.4) is 0 Å². The topological polar surface area (TPSA) is 29.9 Å². The van der Waals surface area contributed by atoms with E-state index in [1.807, 2.05) is 12.4 Å². The summed E-state index contributed by atoms with van der Waals surface area (Å²) in [6, 6.07) is 0.363. The molecule has 0 aliphatic heterocycles. The third kappa shape index (κ3) is 2.85. The minimum absolute atomic E-state index is 0.363. The van der Waals surface area contributed by atoms with E-state index in [1.165, 1.54) is 32.1 Å². The van der Waals surface area contributed by atoms with Gasteiger partial charge in [0.2, 0.25) is 0 Å². The Labute approximate surface area is 98.3 Å². The second-order valence-electron chi connectivity index (χ2n) is 5.03. The maximum absolute atomic E-state index is 4.38. The summed E-state index contributed by atoms with van der Waals surface area (Å²) in [7, 11) is 2.06. The summed E-state index contributed by atoms with van der Waals surface area (Å²) < 4.78 is 2.10. The van der Waals surface area contributed by atoms with E-state index in [2.05, 4.69) is 28.8 Å². The Kier molecular flexibility index (Phi) is 3.99. The molecule has 0 radical (unpaired) electrons. The predicted molar refractivity (Wildman–Crippen MR) is 66.2 cm³/mol. The van der Waals surface area contributed by atoms with Gasteiger partial charge in [-0.3, -0.25) is 0 Å². The molecule has 0 amide bonds. The lowest BCUT2D eigenvalue weighted by molar-refractivity contribution is 0.328. The van der Waals surface area contributed by atoms with Crippen molar-refractivity contribution in [2.24, 2.45) is 13.0 Å². The van der Waals surface area contributed by atoms with Crippen LogP contribution in [0.5, 0.6) is 0 Å². The van der Waals surface area contributed by atoms with Gasteiger partial charge in [0.25, 0.3) is 0 Å². The molecule has 1 saturated carbocycles. The normalized spacial score (nSPS) is 19.9. The van der Waals surface area contributed by atoms with E-state index >= 15 is 0 Å². The molecule has 1 aromatic heterocycles. The summed E-state index contributed by atoms with van der Waals surface area (Å²) in [6.07, 6.45) is 11.0. The summed E-state index contributed by atoms with van der Waals surface area (Å²) in [5, 5.41) is 3.61. The summed E-state index contributed by atoms with van der Waals surface area (Å²) in [5.74, 6) is 2.02. The van der Waals surface area contributed by atoms with Crippen LogP contribution in [0.2, 0.25) is 0 Å². The molecule has 0 spiro atoms. The smallest absolute Gasteiger partial charge is 0.125 e. The number of rotatable bonds is 4. The van der Waals surface area contributed by atoms with Crippen LogP contribution in [0.1, 0.15) is 50.9 Å². The highest BCUT2D eigenvalue weighted by molar-refractivity contribution is 4.97. The van der Waals surface area contributed by atoms with Crippen LogP contribution in [0.4, 0.5) is 0 Å². The second-order valence-corrected chi connectivity index (χ2v) is 5.03. The van der Waals surface area contributed by atoms with E-state index < -0.39 is 0 Å². The van der Waals surface area contributed by atoms with Crippen molar-refractivity contribution >= 4 is 0 Å². The van der Waals surface area contributed by atoms with Crippen LogP contribution in [0.25, 0.3) is 0 Å². The molecule has 3 heteroatoms. The molecule has 1 aliphatic carbocycles. The predicted octanol–water partition coefficient (Wildman–Crippen LogP) is 2.65. The van der Waals surface area contributed by atoms with Gasteiger partial charge in [-0.05, 0) is 32.2 Å². The van der Waals surface area contributed by atoms with Crippen LogP contribution >= 0.6 is 0 Å². The minimum Gasteiger partial charge on any atom is -0.337 e. The van der Waals surface area contributed by atoms with Crippen molar-refractivity contribution in [3.63, 3.8) is 0 Å². The number of nitrogens with one attached hydrogen (secondary N) is 1. The maximum atomic E-state index is 4.38. The summed E-state index contributed by atoms with van der Waals surface area (Å²) >= 11 is 0. The molecule has 1 aromatic rings. The molecule has 1 aliphatic rings. The average molecular weight is 221 g/mol. The molecule has 1 heterocycles. The minimum atomic E-state index is 0.363. The summed E-state index contributed by atoms with van der Waals surface area (Å²) in [6.45, 7) is 3.35. The van der Waals surface area contributed by atoms with Gasteiger partial charge < -0.3 is 9.88 Å². The Morgan fingerprint density at radius 2 is 2.19 bits per heavy atom. The van der Waals surface area contributed by atoms with Crippen molar-refractivity contribution in [2.45, 2.75) is 45.1 Å². The first kappa shape index (κ1) is 11.6. The van der Waals surface area contributed by atoms with Crippen molar-refractivity contribution in [3.05, 3.63) is 18.2 Å². The van der Waals surface area contributed by atoms with Gasteiger partial charge in [0.1, 0.15) is 5.82 Å². The van der Waals surface area contributed by atoms with Gasteiger partial charge in [-0.1, -0.05) is 19.3 Å². The third-order valence-corrected chi connectivity index (χ3v) is 3.68. The Balaban J connectivity index is 1.79. The van der Waals surface area contributed by atoms with E-state index in [0.29, 0.717) is 6.04 Å². The Bertz CT molecular complexity index is 313. The van der Waals surface area contributed by atoms with Crippen LogP contribution in [0, 0.1) is 5.92 Å². The first-order chi connectivity index (χ1) is 7.77. The van der Waals surface area contributed by atoms with E-state index in [1.54, 1.807) is 0 Å². The van der Waals surface area contributed by atoms with E-state index in [4.69, 9.17) is 0 Å². The Morgan fingerprint density at radius 3 is 2.81 bits per heavy atom. The van der Waals surface area contributed by atoms with Crippen molar-refractivity contribution in [1.29, 1.82) is 0 Å². The van der Waals surface area contributed by atoms with Gasteiger partial charge >= 0.3 is 0 Å². The molecule has 2 rings (SSSR count). The van der Waals surface area contributed by atoms with Gasteiger partial charge in [-0.25, -0.2) is 4.98 Å². The van der Waals surface area contributed by atoms with Crippen molar-refractivity contribution in [1.82, 2.24) is 14.9 Å². The first-order valence-electron chi connectivity index (χ1n) is 6.48. The highest BCUT2D eigenvalue weighted by atomic mass is 15.1. The number of imidazole rings is 1.